The van der Waals surface area contributed by atoms with E-state index in [2.05, 4.69) is 27.6 Å². The highest BCUT2D eigenvalue weighted by molar-refractivity contribution is 5.22. The van der Waals surface area contributed by atoms with Gasteiger partial charge in [-0.15, -0.1) is 10.2 Å². The predicted molar refractivity (Wildman–Crippen MR) is 92.4 cm³/mol. The molecular formula is C19H27N3O2. The molecule has 1 aliphatic rings. The molecule has 2 N–H and O–H groups in total. The Morgan fingerprint density at radius 1 is 1.17 bits per heavy atom. The third-order valence-corrected chi connectivity index (χ3v) is 5.09. The van der Waals surface area contributed by atoms with Crippen molar-refractivity contribution in [3.8, 4) is 0 Å². The van der Waals surface area contributed by atoms with E-state index in [0.29, 0.717) is 18.3 Å². The van der Waals surface area contributed by atoms with Crippen LogP contribution in [0.1, 0.15) is 68.8 Å². The Bertz CT molecular complexity index is 633. The maximum absolute atomic E-state index is 10.1. The summed E-state index contributed by atoms with van der Waals surface area (Å²) >= 11 is 0. The molecule has 0 amide bonds. The van der Waals surface area contributed by atoms with Gasteiger partial charge in [-0.25, -0.2) is 0 Å². The van der Waals surface area contributed by atoms with Crippen LogP contribution in [0.15, 0.2) is 34.7 Å². The van der Waals surface area contributed by atoms with Gasteiger partial charge in [-0.05, 0) is 18.4 Å². The monoisotopic (exact) mass is 329 g/mol. The van der Waals surface area contributed by atoms with E-state index in [1.165, 1.54) is 18.4 Å². The zero-order chi connectivity index (χ0) is 17.0. The first-order chi connectivity index (χ1) is 11.6. The molecule has 1 aliphatic carbocycles. The van der Waals surface area contributed by atoms with Gasteiger partial charge in [-0.2, -0.15) is 0 Å². The predicted octanol–water partition coefficient (Wildman–Crippen LogP) is 3.58. The van der Waals surface area contributed by atoms with E-state index in [-0.39, 0.29) is 24.0 Å². The lowest BCUT2D eigenvalue weighted by molar-refractivity contribution is 0.0838. The zero-order valence-electron chi connectivity index (χ0n) is 14.5. The Balaban J connectivity index is 1.79. The summed E-state index contributed by atoms with van der Waals surface area (Å²) in [5, 5.41) is 21.9. The fraction of sp³-hybridized carbons (Fsp3) is 0.579. The normalized spacial score (nSPS) is 18.2. The third-order valence-electron chi connectivity index (χ3n) is 5.09. The van der Waals surface area contributed by atoms with Crippen LogP contribution in [0, 0.1) is 5.41 Å². The molecule has 1 aromatic heterocycles. The van der Waals surface area contributed by atoms with Crippen LogP contribution in [-0.2, 0) is 6.54 Å². The molecule has 1 heterocycles. The van der Waals surface area contributed by atoms with Crippen molar-refractivity contribution in [3.05, 3.63) is 47.7 Å². The minimum Gasteiger partial charge on any atom is -0.424 e. The lowest BCUT2D eigenvalue weighted by atomic mass is 9.76. The van der Waals surface area contributed by atoms with Gasteiger partial charge in [-0.3, -0.25) is 0 Å². The Morgan fingerprint density at radius 3 is 2.46 bits per heavy atom. The number of aliphatic hydroxyl groups is 1. The number of aliphatic hydroxyl groups excluding tert-OH is 1. The van der Waals surface area contributed by atoms with Crippen LogP contribution >= 0.6 is 0 Å². The van der Waals surface area contributed by atoms with Crippen molar-refractivity contribution < 1.29 is 9.52 Å². The molecule has 0 spiro atoms. The largest absolute Gasteiger partial charge is 0.424 e. The molecule has 5 heteroatoms. The van der Waals surface area contributed by atoms with Crippen LogP contribution in [0.5, 0.6) is 0 Å². The van der Waals surface area contributed by atoms with Crippen LogP contribution in [0.4, 0.5) is 0 Å². The Morgan fingerprint density at radius 2 is 1.88 bits per heavy atom. The van der Waals surface area contributed by atoms with Crippen LogP contribution in [0.25, 0.3) is 0 Å². The summed E-state index contributed by atoms with van der Waals surface area (Å²) in [5.41, 5.74) is 1.10. The maximum atomic E-state index is 10.1. The quantitative estimate of drug-likeness (QED) is 0.812. The summed E-state index contributed by atoms with van der Waals surface area (Å²) in [6, 6.07) is 10.5. The van der Waals surface area contributed by atoms with Gasteiger partial charge in [0.25, 0.3) is 0 Å². The first-order valence-electron chi connectivity index (χ1n) is 8.86. The van der Waals surface area contributed by atoms with Crippen LogP contribution in [0.3, 0.4) is 0 Å². The second-order valence-electron chi connectivity index (χ2n) is 7.14. The van der Waals surface area contributed by atoms with E-state index in [4.69, 9.17) is 4.42 Å². The lowest BCUT2D eigenvalue weighted by Gasteiger charge is -2.37. The van der Waals surface area contributed by atoms with Gasteiger partial charge >= 0.3 is 0 Å². The standard InChI is InChI=1S/C19H27N3O2/c1-14(2)18-22-21-16(24-18)12-20-17(15-8-4-3-5-9-15)19(13-23)10-6-7-11-19/h3-5,8-9,14,17,20,23H,6-7,10-13H2,1-2H3. The molecule has 130 valence electrons. The number of nitrogens with zero attached hydrogens (tertiary/aromatic N) is 2. The van der Waals surface area contributed by atoms with Crippen LogP contribution < -0.4 is 5.32 Å². The van der Waals surface area contributed by atoms with Crippen molar-refractivity contribution in [1.29, 1.82) is 0 Å². The molecule has 24 heavy (non-hydrogen) atoms. The number of hydrogen-bond donors (Lipinski definition) is 2. The molecule has 1 fully saturated rings. The molecule has 1 unspecified atom stereocenters. The number of rotatable bonds is 7. The first-order valence-corrected chi connectivity index (χ1v) is 8.86. The molecule has 1 aromatic carbocycles. The minimum absolute atomic E-state index is 0.0839. The number of benzene rings is 1. The molecule has 0 aliphatic heterocycles. The Hall–Kier alpha value is -1.72. The summed E-state index contributed by atoms with van der Waals surface area (Å²) < 4.78 is 5.71. The van der Waals surface area contributed by atoms with Gasteiger partial charge in [0.2, 0.25) is 11.8 Å². The average Bonchev–Trinajstić information content (AvgIpc) is 3.26. The van der Waals surface area contributed by atoms with Crippen molar-refractivity contribution >= 4 is 0 Å². The van der Waals surface area contributed by atoms with Gasteiger partial charge in [0.15, 0.2) is 0 Å². The molecule has 3 rings (SSSR count). The smallest absolute Gasteiger partial charge is 0.230 e. The van der Waals surface area contributed by atoms with E-state index in [0.717, 1.165) is 12.8 Å². The van der Waals surface area contributed by atoms with Crippen molar-refractivity contribution in [2.24, 2.45) is 5.41 Å². The van der Waals surface area contributed by atoms with Gasteiger partial charge in [0.1, 0.15) is 0 Å². The molecule has 2 aromatic rings. The molecule has 0 radical (unpaired) electrons. The summed E-state index contributed by atoms with van der Waals surface area (Å²) in [6.07, 6.45) is 4.42. The highest BCUT2D eigenvalue weighted by Crippen LogP contribution is 2.47. The summed E-state index contributed by atoms with van der Waals surface area (Å²) in [4.78, 5) is 0. The summed E-state index contributed by atoms with van der Waals surface area (Å²) in [6.45, 7) is 4.79. The van der Waals surface area contributed by atoms with E-state index in [1.807, 2.05) is 32.0 Å². The molecule has 1 saturated carbocycles. The lowest BCUT2D eigenvalue weighted by Crippen LogP contribution is -2.39. The molecule has 0 saturated heterocycles. The Labute approximate surface area is 143 Å². The van der Waals surface area contributed by atoms with E-state index < -0.39 is 0 Å². The van der Waals surface area contributed by atoms with Gasteiger partial charge in [-0.1, -0.05) is 57.0 Å². The van der Waals surface area contributed by atoms with Gasteiger partial charge in [0.05, 0.1) is 13.2 Å². The van der Waals surface area contributed by atoms with E-state index in [1.54, 1.807) is 0 Å². The zero-order valence-corrected chi connectivity index (χ0v) is 14.5. The topological polar surface area (TPSA) is 71.2 Å². The van der Waals surface area contributed by atoms with Crippen molar-refractivity contribution in [2.45, 2.75) is 58.0 Å². The second kappa shape index (κ2) is 7.45. The Kier molecular flexibility index (Phi) is 5.31. The minimum atomic E-state index is -0.109. The fourth-order valence-electron chi connectivity index (χ4n) is 3.71. The fourth-order valence-corrected chi connectivity index (χ4v) is 3.71. The van der Waals surface area contributed by atoms with Crippen LogP contribution in [0.2, 0.25) is 0 Å². The van der Waals surface area contributed by atoms with Crippen molar-refractivity contribution in [2.75, 3.05) is 6.61 Å². The second-order valence-corrected chi connectivity index (χ2v) is 7.14. The number of aromatic nitrogens is 2. The van der Waals surface area contributed by atoms with Gasteiger partial charge < -0.3 is 14.8 Å². The van der Waals surface area contributed by atoms with Crippen molar-refractivity contribution in [3.63, 3.8) is 0 Å². The summed E-state index contributed by atoms with van der Waals surface area (Å²) in [5.74, 6) is 1.50. The molecule has 5 nitrogen and oxygen atoms in total. The first kappa shape index (κ1) is 17.1. The number of hydrogen-bond acceptors (Lipinski definition) is 5. The average molecular weight is 329 g/mol. The van der Waals surface area contributed by atoms with Crippen molar-refractivity contribution in [1.82, 2.24) is 15.5 Å². The maximum Gasteiger partial charge on any atom is 0.230 e. The van der Waals surface area contributed by atoms with Gasteiger partial charge in [0, 0.05) is 17.4 Å². The highest BCUT2D eigenvalue weighted by Gasteiger charge is 2.41. The third kappa shape index (κ3) is 3.52. The molecule has 0 bridgehead atoms. The highest BCUT2D eigenvalue weighted by atomic mass is 16.4. The van der Waals surface area contributed by atoms with E-state index in [9.17, 15) is 5.11 Å². The molecular weight excluding hydrogens is 302 g/mol. The number of nitrogens with one attached hydrogen (secondary N) is 1. The van der Waals surface area contributed by atoms with E-state index >= 15 is 0 Å². The molecule has 1 atom stereocenters. The summed E-state index contributed by atoms with van der Waals surface area (Å²) in [7, 11) is 0. The SMILES string of the molecule is CC(C)c1nnc(CNC(c2ccccc2)C2(CO)CCCC2)o1. The van der Waals surface area contributed by atoms with Crippen LogP contribution in [-0.4, -0.2) is 21.9 Å².